The maximum Gasteiger partial charge on any atom is 0.316 e. The Balaban J connectivity index is 1.70. The van der Waals surface area contributed by atoms with Gasteiger partial charge in [0, 0.05) is 13.1 Å². The first-order valence-electron chi connectivity index (χ1n) is 8.83. The number of hydrogen-bond acceptors (Lipinski definition) is 3. The summed E-state index contributed by atoms with van der Waals surface area (Å²) in [6, 6.07) is 16.6. The molecule has 1 heterocycles. The van der Waals surface area contributed by atoms with E-state index in [1.807, 2.05) is 61.5 Å². The Labute approximate surface area is 153 Å². The predicted molar refractivity (Wildman–Crippen MR) is 98.3 cm³/mol. The first kappa shape index (κ1) is 18.0. The number of carboxylic acid groups (broad SMARTS) is 1. The zero-order valence-corrected chi connectivity index (χ0v) is 14.9. The number of carbonyl (C=O) groups is 2. The van der Waals surface area contributed by atoms with Gasteiger partial charge >= 0.3 is 5.97 Å². The van der Waals surface area contributed by atoms with Gasteiger partial charge in [-0.05, 0) is 36.6 Å². The third-order valence-electron chi connectivity index (χ3n) is 4.95. The number of likely N-dealkylation sites (tertiary alicyclic amines) is 1. The van der Waals surface area contributed by atoms with Gasteiger partial charge in [0.25, 0.3) is 0 Å². The Morgan fingerprint density at radius 2 is 1.81 bits per heavy atom. The zero-order chi connectivity index (χ0) is 18.6. The topological polar surface area (TPSA) is 66.8 Å². The summed E-state index contributed by atoms with van der Waals surface area (Å²) in [5.74, 6) is -0.146. The van der Waals surface area contributed by atoms with Crippen molar-refractivity contribution < 1.29 is 19.4 Å². The number of carboxylic acids is 1. The smallest absolute Gasteiger partial charge is 0.316 e. The Kier molecular flexibility index (Phi) is 5.26. The molecule has 0 radical (unpaired) electrons. The molecule has 0 aliphatic carbocycles. The number of carbonyl (C=O) groups excluding carboxylic acids is 1. The molecule has 5 nitrogen and oxygen atoms in total. The van der Waals surface area contributed by atoms with Crippen LogP contribution in [0, 0.1) is 0 Å². The highest BCUT2D eigenvalue weighted by molar-refractivity contribution is 5.85. The summed E-state index contributed by atoms with van der Waals surface area (Å²) in [5, 5.41) is 9.84. The Morgan fingerprint density at radius 1 is 1.12 bits per heavy atom. The highest BCUT2D eigenvalue weighted by atomic mass is 16.5. The highest BCUT2D eigenvalue weighted by Gasteiger charge is 2.47. The van der Waals surface area contributed by atoms with Crippen LogP contribution in [0.4, 0.5) is 0 Å². The fourth-order valence-electron chi connectivity index (χ4n) is 3.47. The lowest BCUT2D eigenvalue weighted by atomic mass is 9.80. The third kappa shape index (κ3) is 3.57. The first-order valence-corrected chi connectivity index (χ1v) is 8.83. The summed E-state index contributed by atoms with van der Waals surface area (Å²) in [7, 11) is 0. The second kappa shape index (κ2) is 7.60. The minimum atomic E-state index is -1.02. The minimum absolute atomic E-state index is 0.0479. The fraction of sp³-hybridized carbons (Fsp3) is 0.333. The van der Waals surface area contributed by atoms with E-state index in [9.17, 15) is 14.7 Å². The van der Waals surface area contributed by atoms with Crippen molar-refractivity contribution in [1.82, 2.24) is 4.90 Å². The second-order valence-electron chi connectivity index (χ2n) is 6.57. The van der Waals surface area contributed by atoms with Crippen LogP contribution in [-0.2, 0) is 21.4 Å². The van der Waals surface area contributed by atoms with Crippen molar-refractivity contribution >= 4 is 11.9 Å². The number of rotatable bonds is 6. The lowest BCUT2D eigenvalue weighted by molar-refractivity contribution is -0.143. The van der Waals surface area contributed by atoms with Gasteiger partial charge in [0.1, 0.15) is 11.2 Å². The predicted octanol–water partition coefficient (Wildman–Crippen LogP) is 2.88. The van der Waals surface area contributed by atoms with Crippen molar-refractivity contribution in [1.29, 1.82) is 0 Å². The van der Waals surface area contributed by atoms with Crippen molar-refractivity contribution in [3.05, 3.63) is 65.7 Å². The van der Waals surface area contributed by atoms with Crippen molar-refractivity contribution in [2.45, 2.75) is 25.2 Å². The number of hydrogen-bond donors (Lipinski definition) is 1. The molecule has 1 N–H and O–H groups in total. The molecule has 2 aromatic carbocycles. The number of benzene rings is 2. The summed E-state index contributed by atoms with van der Waals surface area (Å²) in [6.07, 6.45) is 0.693. The number of ether oxygens (including phenoxy) is 1. The average molecular weight is 353 g/mol. The molecule has 1 unspecified atom stereocenters. The molecule has 1 fully saturated rings. The summed E-state index contributed by atoms with van der Waals surface area (Å²) in [5.41, 5.74) is 0.630. The number of amides is 1. The van der Waals surface area contributed by atoms with Gasteiger partial charge in [0.2, 0.25) is 5.91 Å². The van der Waals surface area contributed by atoms with E-state index in [0.29, 0.717) is 19.6 Å². The molecule has 0 spiro atoms. The van der Waals surface area contributed by atoms with E-state index in [2.05, 4.69) is 0 Å². The molecule has 3 rings (SSSR count). The van der Waals surface area contributed by atoms with Gasteiger partial charge in [-0.2, -0.15) is 0 Å². The molecule has 1 aliphatic rings. The van der Waals surface area contributed by atoms with Gasteiger partial charge in [-0.15, -0.1) is 0 Å². The fourth-order valence-corrected chi connectivity index (χ4v) is 3.47. The SMILES string of the molecule is CCOc1ccc(CC(=O)N2CCC(C(=O)O)(c3ccccc3)C2)cc1. The molecular formula is C21H23NO4. The molecule has 136 valence electrons. The normalized spacial score (nSPS) is 19.3. The molecule has 5 heteroatoms. The van der Waals surface area contributed by atoms with Gasteiger partial charge in [-0.25, -0.2) is 0 Å². The largest absolute Gasteiger partial charge is 0.494 e. The highest BCUT2D eigenvalue weighted by Crippen LogP contribution is 2.35. The maximum absolute atomic E-state index is 12.7. The molecule has 26 heavy (non-hydrogen) atoms. The monoisotopic (exact) mass is 353 g/mol. The van der Waals surface area contributed by atoms with E-state index in [1.54, 1.807) is 4.90 Å². The van der Waals surface area contributed by atoms with E-state index < -0.39 is 11.4 Å². The zero-order valence-electron chi connectivity index (χ0n) is 14.9. The Morgan fingerprint density at radius 3 is 2.42 bits per heavy atom. The average Bonchev–Trinajstić information content (AvgIpc) is 3.11. The van der Waals surface area contributed by atoms with Crippen LogP contribution >= 0.6 is 0 Å². The van der Waals surface area contributed by atoms with E-state index in [-0.39, 0.29) is 18.9 Å². The van der Waals surface area contributed by atoms with E-state index >= 15 is 0 Å². The lowest BCUT2D eigenvalue weighted by Gasteiger charge is -2.25. The summed E-state index contributed by atoms with van der Waals surface area (Å²) >= 11 is 0. The van der Waals surface area contributed by atoms with Gasteiger partial charge in [-0.3, -0.25) is 9.59 Å². The van der Waals surface area contributed by atoms with Crippen LogP contribution < -0.4 is 4.74 Å². The summed E-state index contributed by atoms with van der Waals surface area (Å²) in [4.78, 5) is 26.3. The van der Waals surface area contributed by atoms with E-state index in [0.717, 1.165) is 16.9 Å². The minimum Gasteiger partial charge on any atom is -0.494 e. The Hall–Kier alpha value is -2.82. The quantitative estimate of drug-likeness (QED) is 0.867. The van der Waals surface area contributed by atoms with E-state index in [1.165, 1.54) is 0 Å². The van der Waals surface area contributed by atoms with Gasteiger partial charge in [0.15, 0.2) is 0 Å². The van der Waals surface area contributed by atoms with Crippen LogP contribution in [0.15, 0.2) is 54.6 Å². The number of nitrogens with zero attached hydrogens (tertiary/aromatic N) is 1. The molecule has 1 amide bonds. The first-order chi connectivity index (χ1) is 12.5. The van der Waals surface area contributed by atoms with Gasteiger partial charge < -0.3 is 14.7 Å². The van der Waals surface area contributed by atoms with Gasteiger partial charge in [0.05, 0.1) is 13.0 Å². The van der Waals surface area contributed by atoms with Crippen molar-refractivity contribution in [2.24, 2.45) is 0 Å². The summed E-state index contributed by atoms with van der Waals surface area (Å²) in [6.45, 7) is 3.19. The van der Waals surface area contributed by atoms with Crippen LogP contribution in [0.5, 0.6) is 5.75 Å². The molecule has 0 bridgehead atoms. The molecule has 1 saturated heterocycles. The second-order valence-corrected chi connectivity index (χ2v) is 6.57. The molecule has 0 aromatic heterocycles. The standard InChI is InChI=1S/C21H23NO4/c1-2-26-18-10-8-16(9-11-18)14-19(23)22-13-12-21(15-22,20(24)25)17-6-4-3-5-7-17/h3-11H,2,12-15H2,1H3,(H,24,25). The molecule has 0 saturated carbocycles. The molecular weight excluding hydrogens is 330 g/mol. The maximum atomic E-state index is 12.7. The van der Waals surface area contributed by atoms with Crippen molar-refractivity contribution in [2.75, 3.05) is 19.7 Å². The van der Waals surface area contributed by atoms with Gasteiger partial charge in [-0.1, -0.05) is 42.5 Å². The van der Waals surface area contributed by atoms with Crippen LogP contribution in [-0.4, -0.2) is 41.6 Å². The Bertz CT molecular complexity index is 772. The van der Waals surface area contributed by atoms with E-state index in [4.69, 9.17) is 4.74 Å². The summed E-state index contributed by atoms with van der Waals surface area (Å²) < 4.78 is 5.41. The van der Waals surface area contributed by atoms with Crippen molar-refractivity contribution in [3.8, 4) is 5.75 Å². The van der Waals surface area contributed by atoms with Crippen LogP contribution in [0.1, 0.15) is 24.5 Å². The lowest BCUT2D eigenvalue weighted by Crippen LogP contribution is -2.40. The molecule has 1 aliphatic heterocycles. The molecule has 2 aromatic rings. The van der Waals surface area contributed by atoms with Crippen LogP contribution in [0.3, 0.4) is 0 Å². The third-order valence-corrected chi connectivity index (χ3v) is 4.95. The number of aliphatic carboxylic acids is 1. The van der Waals surface area contributed by atoms with Crippen LogP contribution in [0.25, 0.3) is 0 Å². The van der Waals surface area contributed by atoms with Crippen LogP contribution in [0.2, 0.25) is 0 Å². The molecule has 1 atom stereocenters. The van der Waals surface area contributed by atoms with Crippen molar-refractivity contribution in [3.63, 3.8) is 0 Å².